The summed E-state index contributed by atoms with van der Waals surface area (Å²) in [5.74, 6) is 0.0201. The minimum absolute atomic E-state index is 0.0861. The fraction of sp³-hybridized carbons (Fsp3) is 0.286. The maximum absolute atomic E-state index is 12.6. The second-order valence-corrected chi connectivity index (χ2v) is 7.81. The number of fused-ring (bicyclic) bond motifs is 1. The van der Waals surface area contributed by atoms with E-state index in [4.69, 9.17) is 11.6 Å². The molecule has 31 heavy (non-hydrogen) atoms. The molecule has 0 unspecified atom stereocenters. The third kappa shape index (κ3) is 4.51. The van der Waals surface area contributed by atoms with Crippen LogP contribution >= 0.6 is 11.6 Å². The smallest absolute Gasteiger partial charge is 0.325 e. The fourth-order valence-electron chi connectivity index (χ4n) is 3.55. The predicted molar refractivity (Wildman–Crippen MR) is 113 cm³/mol. The SMILES string of the molecule is C[C@H](NC(=O)CC[C@H]1NC(=O)N(Cc2cccc(Cl)c2)C1=O)c1nnc2ccccn12. The number of imide groups is 1. The van der Waals surface area contributed by atoms with E-state index in [0.717, 1.165) is 10.5 Å². The molecule has 2 aromatic heterocycles. The van der Waals surface area contributed by atoms with Gasteiger partial charge in [-0.25, -0.2) is 4.79 Å². The van der Waals surface area contributed by atoms with Crippen LogP contribution in [0, 0.1) is 0 Å². The summed E-state index contributed by atoms with van der Waals surface area (Å²) < 4.78 is 1.80. The molecule has 0 bridgehead atoms. The molecule has 2 atom stereocenters. The molecule has 9 nitrogen and oxygen atoms in total. The first kappa shape index (κ1) is 20.8. The van der Waals surface area contributed by atoms with Gasteiger partial charge in [-0.3, -0.25) is 18.9 Å². The molecule has 4 amide bonds. The molecule has 0 spiro atoms. The molecule has 1 saturated heterocycles. The van der Waals surface area contributed by atoms with Crippen LogP contribution in [0.2, 0.25) is 5.02 Å². The van der Waals surface area contributed by atoms with Crippen LogP contribution in [0.1, 0.15) is 37.2 Å². The average Bonchev–Trinajstić information content (AvgIpc) is 3.29. The Hall–Kier alpha value is -3.46. The van der Waals surface area contributed by atoms with Crippen molar-refractivity contribution in [2.75, 3.05) is 0 Å². The number of aromatic nitrogens is 3. The van der Waals surface area contributed by atoms with Crippen LogP contribution in [0.25, 0.3) is 5.65 Å². The van der Waals surface area contributed by atoms with Crippen molar-refractivity contribution < 1.29 is 14.4 Å². The summed E-state index contributed by atoms with van der Waals surface area (Å²) in [5, 5.41) is 14.3. The first-order valence-corrected chi connectivity index (χ1v) is 10.3. The van der Waals surface area contributed by atoms with Crippen molar-refractivity contribution in [2.45, 2.75) is 38.4 Å². The number of pyridine rings is 1. The normalized spacial score (nSPS) is 17.1. The standard InChI is InChI=1S/C21H21ClN6O3/c1-13(19-26-25-17-7-2-3-10-27(17)19)23-18(29)9-8-16-20(30)28(21(31)24-16)12-14-5-4-6-15(22)11-14/h2-7,10-11,13,16H,8-9,12H2,1H3,(H,23,29)(H,24,31)/t13-,16+/m0/s1. The maximum atomic E-state index is 12.6. The molecule has 10 heteroatoms. The molecule has 3 heterocycles. The van der Waals surface area contributed by atoms with Crippen molar-refractivity contribution in [1.29, 1.82) is 0 Å². The molecule has 1 aliphatic rings. The number of halogens is 1. The van der Waals surface area contributed by atoms with Crippen LogP contribution in [0.3, 0.4) is 0 Å². The number of nitrogens with one attached hydrogen (secondary N) is 2. The van der Waals surface area contributed by atoms with E-state index in [9.17, 15) is 14.4 Å². The largest absolute Gasteiger partial charge is 0.346 e. The number of carbonyl (C=O) groups is 3. The van der Waals surface area contributed by atoms with E-state index >= 15 is 0 Å². The minimum atomic E-state index is -0.735. The lowest BCUT2D eigenvalue weighted by molar-refractivity contribution is -0.128. The third-order valence-electron chi connectivity index (χ3n) is 5.10. The molecular weight excluding hydrogens is 420 g/mol. The van der Waals surface area contributed by atoms with Gasteiger partial charge in [0, 0.05) is 17.6 Å². The molecule has 4 rings (SSSR count). The Bertz CT molecular complexity index is 1150. The van der Waals surface area contributed by atoms with Crippen molar-refractivity contribution in [2.24, 2.45) is 0 Å². The topological polar surface area (TPSA) is 109 Å². The van der Waals surface area contributed by atoms with Gasteiger partial charge in [-0.05, 0) is 43.2 Å². The lowest BCUT2D eigenvalue weighted by Gasteiger charge is -2.14. The summed E-state index contributed by atoms with van der Waals surface area (Å²) >= 11 is 5.97. The molecule has 1 fully saturated rings. The molecule has 1 aromatic carbocycles. The first-order chi connectivity index (χ1) is 14.9. The van der Waals surface area contributed by atoms with E-state index in [1.807, 2.05) is 31.3 Å². The maximum Gasteiger partial charge on any atom is 0.325 e. The van der Waals surface area contributed by atoms with E-state index < -0.39 is 12.1 Å². The highest BCUT2D eigenvalue weighted by molar-refractivity contribution is 6.30. The third-order valence-corrected chi connectivity index (χ3v) is 5.34. The van der Waals surface area contributed by atoms with Crippen LogP contribution < -0.4 is 10.6 Å². The lowest BCUT2D eigenvalue weighted by Crippen LogP contribution is -2.33. The summed E-state index contributed by atoms with van der Waals surface area (Å²) in [4.78, 5) is 38.4. The van der Waals surface area contributed by atoms with Gasteiger partial charge >= 0.3 is 6.03 Å². The number of carbonyl (C=O) groups excluding carboxylic acids is 3. The molecular formula is C21H21ClN6O3. The summed E-state index contributed by atoms with van der Waals surface area (Å²) in [6, 6.07) is 11.0. The van der Waals surface area contributed by atoms with Gasteiger partial charge in [0.1, 0.15) is 6.04 Å². The number of hydrogen-bond acceptors (Lipinski definition) is 5. The summed E-state index contributed by atoms with van der Waals surface area (Å²) in [5.41, 5.74) is 1.45. The Kier molecular flexibility index (Phi) is 5.85. The average molecular weight is 441 g/mol. The Balaban J connectivity index is 1.32. The van der Waals surface area contributed by atoms with Crippen LogP contribution in [0.4, 0.5) is 4.79 Å². The second kappa shape index (κ2) is 8.73. The number of urea groups is 1. The predicted octanol–water partition coefficient (Wildman–Crippen LogP) is 2.46. The summed E-state index contributed by atoms with van der Waals surface area (Å²) in [6.45, 7) is 1.95. The van der Waals surface area contributed by atoms with Crippen LogP contribution in [-0.4, -0.2) is 43.4 Å². The second-order valence-electron chi connectivity index (χ2n) is 7.37. The summed E-state index contributed by atoms with van der Waals surface area (Å²) in [6.07, 6.45) is 2.12. The van der Waals surface area contributed by atoms with Gasteiger partial charge in [0.15, 0.2) is 11.5 Å². The number of rotatable bonds is 7. The Morgan fingerprint density at radius 1 is 1.23 bits per heavy atom. The van der Waals surface area contributed by atoms with Gasteiger partial charge in [-0.1, -0.05) is 29.8 Å². The van der Waals surface area contributed by atoms with Gasteiger partial charge < -0.3 is 10.6 Å². The van der Waals surface area contributed by atoms with Crippen molar-refractivity contribution in [1.82, 2.24) is 30.1 Å². The molecule has 0 radical (unpaired) electrons. The Morgan fingerprint density at radius 2 is 2.06 bits per heavy atom. The van der Waals surface area contributed by atoms with Crippen molar-refractivity contribution >= 4 is 35.1 Å². The van der Waals surface area contributed by atoms with Crippen molar-refractivity contribution in [3.05, 3.63) is 65.1 Å². The van der Waals surface area contributed by atoms with Crippen molar-refractivity contribution in [3.63, 3.8) is 0 Å². The van der Waals surface area contributed by atoms with Crippen LogP contribution in [0.15, 0.2) is 48.7 Å². The van der Waals surface area contributed by atoms with E-state index in [1.165, 1.54) is 0 Å². The number of amides is 4. The molecule has 0 saturated carbocycles. The lowest BCUT2D eigenvalue weighted by atomic mass is 10.1. The highest BCUT2D eigenvalue weighted by Gasteiger charge is 2.37. The zero-order valence-corrected chi connectivity index (χ0v) is 17.5. The molecule has 2 N–H and O–H groups in total. The zero-order chi connectivity index (χ0) is 22.0. The highest BCUT2D eigenvalue weighted by atomic mass is 35.5. The number of benzene rings is 1. The zero-order valence-electron chi connectivity index (χ0n) is 16.8. The fourth-order valence-corrected chi connectivity index (χ4v) is 3.76. The highest BCUT2D eigenvalue weighted by Crippen LogP contribution is 2.18. The molecule has 3 aromatic rings. The summed E-state index contributed by atoms with van der Waals surface area (Å²) in [7, 11) is 0. The van der Waals surface area contributed by atoms with Gasteiger partial charge in [0.2, 0.25) is 5.91 Å². The van der Waals surface area contributed by atoms with Gasteiger partial charge in [-0.15, -0.1) is 10.2 Å². The van der Waals surface area contributed by atoms with E-state index in [2.05, 4.69) is 20.8 Å². The quantitative estimate of drug-likeness (QED) is 0.548. The van der Waals surface area contributed by atoms with E-state index in [1.54, 1.807) is 28.7 Å². The minimum Gasteiger partial charge on any atom is -0.346 e. The van der Waals surface area contributed by atoms with Crippen molar-refractivity contribution in [3.8, 4) is 0 Å². The monoisotopic (exact) mass is 440 g/mol. The molecule has 160 valence electrons. The van der Waals surface area contributed by atoms with Gasteiger partial charge in [0.05, 0.1) is 12.6 Å². The number of hydrogen-bond donors (Lipinski definition) is 2. The van der Waals surface area contributed by atoms with Gasteiger partial charge in [0.25, 0.3) is 5.91 Å². The van der Waals surface area contributed by atoms with E-state index in [-0.39, 0.29) is 37.2 Å². The van der Waals surface area contributed by atoms with Crippen LogP contribution in [-0.2, 0) is 16.1 Å². The van der Waals surface area contributed by atoms with Crippen LogP contribution in [0.5, 0.6) is 0 Å². The number of nitrogens with zero attached hydrogens (tertiary/aromatic N) is 4. The van der Waals surface area contributed by atoms with E-state index in [0.29, 0.717) is 16.5 Å². The Labute approximate surface area is 183 Å². The Morgan fingerprint density at radius 3 is 2.87 bits per heavy atom. The molecule has 1 aliphatic heterocycles. The first-order valence-electron chi connectivity index (χ1n) is 9.87. The molecule has 0 aliphatic carbocycles. The van der Waals surface area contributed by atoms with Gasteiger partial charge in [-0.2, -0.15) is 0 Å².